The van der Waals surface area contributed by atoms with E-state index in [-0.39, 0.29) is 6.42 Å². The number of hydrogen-bond donors (Lipinski definition) is 2. The minimum absolute atomic E-state index is 0.0596. The molecule has 0 bridgehead atoms. The van der Waals surface area contributed by atoms with Crippen LogP contribution in [-0.2, 0) is 17.8 Å². The molecule has 0 aromatic heterocycles. The molecule has 110 valence electrons. The predicted molar refractivity (Wildman–Crippen MR) is 82.7 cm³/mol. The summed E-state index contributed by atoms with van der Waals surface area (Å²) in [5.74, 6) is 0.0351. The van der Waals surface area contributed by atoms with Crippen molar-refractivity contribution in [1.82, 2.24) is 0 Å². The van der Waals surface area contributed by atoms with E-state index in [4.69, 9.17) is 9.84 Å². The summed E-state index contributed by atoms with van der Waals surface area (Å²) in [6.45, 7) is 3.29. The van der Waals surface area contributed by atoms with Crippen molar-refractivity contribution in [3.8, 4) is 5.75 Å². The first-order valence-electron chi connectivity index (χ1n) is 6.93. The van der Waals surface area contributed by atoms with E-state index in [1.54, 1.807) is 0 Å². The Hall–Kier alpha value is -2.49. The lowest BCUT2D eigenvalue weighted by molar-refractivity contribution is -0.136. The van der Waals surface area contributed by atoms with Crippen LogP contribution in [0, 0.1) is 0 Å². The third kappa shape index (κ3) is 4.84. The van der Waals surface area contributed by atoms with Gasteiger partial charge in [-0.2, -0.15) is 0 Å². The van der Waals surface area contributed by atoms with Gasteiger partial charge in [0.25, 0.3) is 0 Å². The normalized spacial score (nSPS) is 10.1. The van der Waals surface area contributed by atoms with Gasteiger partial charge in [0.2, 0.25) is 0 Å². The van der Waals surface area contributed by atoms with Gasteiger partial charge in [0.1, 0.15) is 5.75 Å². The molecule has 0 saturated carbocycles. The van der Waals surface area contributed by atoms with Gasteiger partial charge >= 0.3 is 5.97 Å². The summed E-state index contributed by atoms with van der Waals surface area (Å²) in [4.78, 5) is 10.6. The molecule has 0 fully saturated rings. The molecule has 2 aromatic rings. The summed E-state index contributed by atoms with van der Waals surface area (Å²) in [7, 11) is 0. The molecule has 2 aromatic carbocycles. The van der Waals surface area contributed by atoms with Crippen molar-refractivity contribution < 1.29 is 14.6 Å². The Balaban J connectivity index is 1.93. The van der Waals surface area contributed by atoms with E-state index in [1.807, 2.05) is 55.5 Å². The lowest BCUT2D eigenvalue weighted by Crippen LogP contribution is -2.02. The summed E-state index contributed by atoms with van der Waals surface area (Å²) in [5, 5.41) is 12.1. The summed E-state index contributed by atoms with van der Waals surface area (Å²) < 4.78 is 5.46. The number of carbonyl (C=O) groups is 1. The van der Waals surface area contributed by atoms with Crippen molar-refractivity contribution in [2.24, 2.45) is 0 Å². The first kappa shape index (κ1) is 14.9. The Morgan fingerprint density at radius 3 is 2.52 bits per heavy atom. The Labute approximate surface area is 124 Å². The maximum Gasteiger partial charge on any atom is 0.307 e. The van der Waals surface area contributed by atoms with Crippen molar-refractivity contribution in [3.05, 3.63) is 59.7 Å². The van der Waals surface area contributed by atoms with E-state index in [9.17, 15) is 4.79 Å². The summed E-state index contributed by atoms with van der Waals surface area (Å²) in [6, 6.07) is 15.4. The summed E-state index contributed by atoms with van der Waals surface area (Å²) in [6.07, 6.45) is 0.0596. The quantitative estimate of drug-likeness (QED) is 0.819. The Morgan fingerprint density at radius 2 is 1.86 bits per heavy atom. The average Bonchev–Trinajstić information content (AvgIpc) is 2.47. The molecule has 0 unspecified atom stereocenters. The number of carboxylic acid groups (broad SMARTS) is 1. The molecule has 2 rings (SSSR count). The van der Waals surface area contributed by atoms with Gasteiger partial charge in [-0.05, 0) is 30.2 Å². The highest BCUT2D eigenvalue weighted by Gasteiger charge is 2.01. The standard InChI is InChI=1S/C17H19NO3/c1-2-21-16-5-3-4-15(11-16)18-12-14-8-6-13(7-9-14)10-17(19)20/h3-9,11,18H,2,10,12H2,1H3,(H,19,20). The largest absolute Gasteiger partial charge is 0.494 e. The SMILES string of the molecule is CCOc1cccc(NCc2ccc(CC(=O)O)cc2)c1. The van der Waals surface area contributed by atoms with E-state index in [0.717, 1.165) is 22.6 Å². The fourth-order valence-electron chi connectivity index (χ4n) is 2.02. The van der Waals surface area contributed by atoms with Gasteiger partial charge in [0, 0.05) is 18.3 Å². The molecule has 0 radical (unpaired) electrons. The van der Waals surface area contributed by atoms with E-state index < -0.39 is 5.97 Å². The number of hydrogen-bond acceptors (Lipinski definition) is 3. The van der Waals surface area contributed by atoms with Gasteiger partial charge in [-0.3, -0.25) is 4.79 Å². The number of carboxylic acids is 1. The molecule has 0 saturated heterocycles. The van der Waals surface area contributed by atoms with Crippen LogP contribution in [0.3, 0.4) is 0 Å². The van der Waals surface area contributed by atoms with Crippen molar-refractivity contribution in [2.45, 2.75) is 19.9 Å². The number of nitrogens with one attached hydrogen (secondary N) is 1. The maximum atomic E-state index is 10.6. The second-order valence-corrected chi connectivity index (χ2v) is 4.70. The van der Waals surface area contributed by atoms with Crippen LogP contribution in [0.4, 0.5) is 5.69 Å². The molecule has 0 aliphatic rings. The zero-order chi connectivity index (χ0) is 15.1. The summed E-state index contributed by atoms with van der Waals surface area (Å²) >= 11 is 0. The molecule has 0 aliphatic carbocycles. The van der Waals surface area contributed by atoms with E-state index in [2.05, 4.69) is 5.32 Å². The van der Waals surface area contributed by atoms with Crippen molar-refractivity contribution in [2.75, 3.05) is 11.9 Å². The Bertz CT molecular complexity index is 593. The first-order chi connectivity index (χ1) is 10.2. The molecule has 0 atom stereocenters. The van der Waals surface area contributed by atoms with Crippen molar-refractivity contribution in [3.63, 3.8) is 0 Å². The van der Waals surface area contributed by atoms with Crippen LogP contribution in [0.15, 0.2) is 48.5 Å². The van der Waals surface area contributed by atoms with Crippen LogP contribution in [0.1, 0.15) is 18.1 Å². The number of benzene rings is 2. The molecule has 0 heterocycles. The van der Waals surface area contributed by atoms with Gasteiger partial charge in [-0.15, -0.1) is 0 Å². The second kappa shape index (κ2) is 7.33. The maximum absolute atomic E-state index is 10.6. The predicted octanol–water partition coefficient (Wildman–Crippen LogP) is 3.32. The van der Waals surface area contributed by atoms with E-state index >= 15 is 0 Å². The highest BCUT2D eigenvalue weighted by molar-refractivity contribution is 5.70. The molecule has 0 amide bonds. The molecule has 0 spiro atoms. The lowest BCUT2D eigenvalue weighted by atomic mass is 10.1. The minimum Gasteiger partial charge on any atom is -0.494 e. The Morgan fingerprint density at radius 1 is 1.14 bits per heavy atom. The van der Waals surface area contributed by atoms with E-state index in [1.165, 1.54) is 0 Å². The topological polar surface area (TPSA) is 58.6 Å². The fourth-order valence-corrected chi connectivity index (χ4v) is 2.02. The third-order valence-corrected chi connectivity index (χ3v) is 3.02. The lowest BCUT2D eigenvalue weighted by Gasteiger charge is -2.09. The zero-order valence-corrected chi connectivity index (χ0v) is 12.0. The van der Waals surface area contributed by atoms with Gasteiger partial charge in [0.05, 0.1) is 13.0 Å². The fraction of sp³-hybridized carbons (Fsp3) is 0.235. The van der Waals surface area contributed by atoms with Crippen molar-refractivity contribution >= 4 is 11.7 Å². The number of ether oxygens (including phenoxy) is 1. The highest BCUT2D eigenvalue weighted by Crippen LogP contribution is 2.18. The first-order valence-corrected chi connectivity index (χ1v) is 6.93. The third-order valence-electron chi connectivity index (χ3n) is 3.02. The van der Waals surface area contributed by atoms with Crippen LogP contribution in [-0.4, -0.2) is 17.7 Å². The minimum atomic E-state index is -0.811. The number of aliphatic carboxylic acids is 1. The molecule has 21 heavy (non-hydrogen) atoms. The summed E-state index contributed by atoms with van der Waals surface area (Å²) in [5.41, 5.74) is 2.91. The van der Waals surface area contributed by atoms with Gasteiger partial charge in [-0.1, -0.05) is 30.3 Å². The van der Waals surface area contributed by atoms with Crippen LogP contribution in [0.5, 0.6) is 5.75 Å². The number of rotatable bonds is 7. The molecule has 4 nitrogen and oxygen atoms in total. The van der Waals surface area contributed by atoms with Crippen molar-refractivity contribution in [1.29, 1.82) is 0 Å². The Kier molecular flexibility index (Phi) is 5.21. The molecule has 0 aliphatic heterocycles. The highest BCUT2D eigenvalue weighted by atomic mass is 16.5. The van der Waals surface area contributed by atoms with E-state index in [0.29, 0.717) is 13.2 Å². The number of anilines is 1. The van der Waals surface area contributed by atoms with Crippen LogP contribution >= 0.6 is 0 Å². The van der Waals surface area contributed by atoms with Crippen LogP contribution < -0.4 is 10.1 Å². The molecular weight excluding hydrogens is 266 g/mol. The smallest absolute Gasteiger partial charge is 0.307 e. The van der Waals surface area contributed by atoms with Gasteiger partial charge in [0.15, 0.2) is 0 Å². The molecular formula is C17H19NO3. The molecule has 2 N–H and O–H groups in total. The van der Waals surface area contributed by atoms with Gasteiger partial charge < -0.3 is 15.2 Å². The van der Waals surface area contributed by atoms with Gasteiger partial charge in [-0.25, -0.2) is 0 Å². The van der Waals surface area contributed by atoms with Crippen LogP contribution in [0.2, 0.25) is 0 Å². The molecule has 4 heteroatoms. The second-order valence-electron chi connectivity index (χ2n) is 4.70. The average molecular weight is 285 g/mol. The van der Waals surface area contributed by atoms with Crippen LogP contribution in [0.25, 0.3) is 0 Å². The zero-order valence-electron chi connectivity index (χ0n) is 12.0. The monoisotopic (exact) mass is 285 g/mol.